The van der Waals surface area contributed by atoms with Crippen LogP contribution >= 0.6 is 23.2 Å². The van der Waals surface area contributed by atoms with Gasteiger partial charge in [-0.25, -0.2) is 0 Å². The quantitative estimate of drug-likeness (QED) is 0.929. The van der Waals surface area contributed by atoms with Crippen molar-refractivity contribution in [1.29, 1.82) is 0 Å². The Kier molecular flexibility index (Phi) is 5.09. The van der Waals surface area contributed by atoms with Crippen molar-refractivity contribution in [3.8, 4) is 0 Å². The van der Waals surface area contributed by atoms with Crippen molar-refractivity contribution in [3.05, 3.63) is 33.8 Å². The molecular weight excluding hydrogens is 287 g/mol. The summed E-state index contributed by atoms with van der Waals surface area (Å²) in [4.78, 5) is 0. The Bertz CT molecular complexity index is 431. The van der Waals surface area contributed by atoms with Crippen LogP contribution in [0.25, 0.3) is 0 Å². The van der Waals surface area contributed by atoms with Gasteiger partial charge in [0, 0.05) is 49.6 Å². The van der Waals surface area contributed by atoms with Crippen LogP contribution < -0.4 is 0 Å². The van der Waals surface area contributed by atoms with Crippen LogP contribution in [-0.2, 0) is 15.9 Å². The molecule has 1 aliphatic rings. The van der Waals surface area contributed by atoms with Crippen LogP contribution in [-0.4, -0.2) is 37.1 Å². The van der Waals surface area contributed by atoms with E-state index in [0.29, 0.717) is 42.5 Å². The molecule has 1 atom stereocenters. The lowest BCUT2D eigenvalue weighted by Gasteiger charge is -2.39. The van der Waals surface area contributed by atoms with Gasteiger partial charge in [0.05, 0.1) is 11.7 Å². The highest BCUT2D eigenvalue weighted by Gasteiger charge is 2.39. The Morgan fingerprint density at radius 1 is 1.37 bits per heavy atom. The summed E-state index contributed by atoms with van der Waals surface area (Å²) in [6, 6.07) is 5.27. The molecule has 0 aliphatic carbocycles. The highest BCUT2D eigenvalue weighted by Crippen LogP contribution is 2.32. The summed E-state index contributed by atoms with van der Waals surface area (Å²) in [5.74, 6) is 0. The van der Waals surface area contributed by atoms with Gasteiger partial charge in [-0.2, -0.15) is 0 Å². The van der Waals surface area contributed by atoms with Gasteiger partial charge >= 0.3 is 0 Å². The lowest BCUT2D eigenvalue weighted by molar-refractivity contribution is -0.151. The number of aliphatic hydroxyl groups excluding tert-OH is 1. The zero-order valence-corrected chi connectivity index (χ0v) is 12.4. The van der Waals surface area contributed by atoms with Gasteiger partial charge in [-0.15, -0.1) is 0 Å². The second kappa shape index (κ2) is 6.42. The average Bonchev–Trinajstić information content (AvgIpc) is 2.43. The number of aliphatic hydroxyl groups is 1. The molecule has 1 fully saturated rings. The van der Waals surface area contributed by atoms with Gasteiger partial charge in [-0.1, -0.05) is 23.2 Å². The van der Waals surface area contributed by atoms with Crippen LogP contribution in [0.5, 0.6) is 0 Å². The molecule has 106 valence electrons. The molecule has 1 aromatic rings. The van der Waals surface area contributed by atoms with Crippen molar-refractivity contribution in [2.75, 3.05) is 20.3 Å². The molecule has 1 heterocycles. The Morgan fingerprint density at radius 3 is 2.68 bits per heavy atom. The topological polar surface area (TPSA) is 38.7 Å². The van der Waals surface area contributed by atoms with Gasteiger partial charge in [0.1, 0.15) is 0 Å². The number of methoxy groups -OCH3 is 1. The molecule has 0 spiro atoms. The fraction of sp³-hybridized carbons (Fsp3) is 0.571. The van der Waals surface area contributed by atoms with Gasteiger partial charge in [0.2, 0.25) is 0 Å². The summed E-state index contributed by atoms with van der Waals surface area (Å²) < 4.78 is 10.9. The van der Waals surface area contributed by atoms with E-state index in [-0.39, 0.29) is 0 Å². The van der Waals surface area contributed by atoms with Gasteiger partial charge in [-0.3, -0.25) is 0 Å². The first-order chi connectivity index (χ1) is 9.07. The lowest BCUT2D eigenvalue weighted by atomic mass is 9.84. The fourth-order valence-electron chi connectivity index (χ4n) is 2.48. The molecule has 0 aromatic heterocycles. The maximum Gasteiger partial charge on any atom is 0.0983 e. The van der Waals surface area contributed by atoms with Gasteiger partial charge < -0.3 is 14.6 Å². The molecule has 1 N–H and O–H groups in total. The first-order valence-electron chi connectivity index (χ1n) is 6.32. The second-order valence-corrected chi connectivity index (χ2v) is 5.68. The number of ether oxygens (including phenoxy) is 2. The maximum absolute atomic E-state index is 10.5. The standard InChI is InChI=1S/C14H18Cl2O3/c1-18-14(4-6-19-7-5-14)13(17)9-10-8-11(15)2-3-12(10)16/h2-3,8,13,17H,4-7,9H2,1H3. The van der Waals surface area contributed by atoms with Crippen LogP contribution in [0.1, 0.15) is 18.4 Å². The number of halogens is 2. The molecule has 0 amide bonds. The van der Waals surface area contributed by atoms with E-state index in [1.54, 1.807) is 25.3 Å². The minimum Gasteiger partial charge on any atom is -0.390 e. The molecule has 0 radical (unpaired) electrons. The van der Waals surface area contributed by atoms with Crippen LogP contribution in [0.4, 0.5) is 0 Å². The zero-order chi connectivity index (χ0) is 13.9. The fourth-order valence-corrected chi connectivity index (χ4v) is 2.87. The molecule has 1 saturated heterocycles. The Hall–Kier alpha value is -0.320. The summed E-state index contributed by atoms with van der Waals surface area (Å²) in [5.41, 5.74) is 0.286. The molecule has 3 nitrogen and oxygen atoms in total. The van der Waals surface area contributed by atoms with Crippen molar-refractivity contribution in [2.24, 2.45) is 0 Å². The normalized spacial score (nSPS) is 20.2. The number of benzene rings is 1. The molecule has 0 saturated carbocycles. The van der Waals surface area contributed by atoms with Crippen molar-refractivity contribution >= 4 is 23.2 Å². The Morgan fingerprint density at radius 2 is 2.05 bits per heavy atom. The van der Waals surface area contributed by atoms with Crippen LogP contribution in [0, 0.1) is 0 Å². The summed E-state index contributed by atoms with van der Waals surface area (Å²) in [6.07, 6.45) is 1.16. The first-order valence-corrected chi connectivity index (χ1v) is 7.08. The van der Waals surface area contributed by atoms with Crippen LogP contribution in [0.15, 0.2) is 18.2 Å². The predicted molar refractivity (Wildman–Crippen MR) is 76.0 cm³/mol. The van der Waals surface area contributed by atoms with E-state index in [9.17, 15) is 5.11 Å². The summed E-state index contributed by atoms with van der Waals surface area (Å²) >= 11 is 12.1. The molecule has 1 aliphatic heterocycles. The second-order valence-electron chi connectivity index (χ2n) is 4.84. The third-order valence-corrected chi connectivity index (χ3v) is 4.38. The smallest absolute Gasteiger partial charge is 0.0983 e. The molecule has 19 heavy (non-hydrogen) atoms. The molecule has 1 aromatic carbocycles. The first kappa shape index (κ1) is 15.1. The van der Waals surface area contributed by atoms with E-state index in [1.165, 1.54) is 0 Å². The van der Waals surface area contributed by atoms with Crippen LogP contribution in [0.3, 0.4) is 0 Å². The Balaban J connectivity index is 2.14. The highest BCUT2D eigenvalue weighted by atomic mass is 35.5. The van der Waals surface area contributed by atoms with E-state index in [4.69, 9.17) is 32.7 Å². The number of hydrogen-bond donors (Lipinski definition) is 1. The van der Waals surface area contributed by atoms with Crippen LogP contribution in [0.2, 0.25) is 10.0 Å². The van der Waals surface area contributed by atoms with E-state index in [2.05, 4.69) is 0 Å². The number of rotatable bonds is 4. The van der Waals surface area contributed by atoms with Crippen molar-refractivity contribution in [1.82, 2.24) is 0 Å². The maximum atomic E-state index is 10.5. The third-order valence-electron chi connectivity index (χ3n) is 3.77. The highest BCUT2D eigenvalue weighted by molar-refractivity contribution is 6.33. The predicted octanol–water partition coefficient (Wildman–Crippen LogP) is 3.09. The van der Waals surface area contributed by atoms with Gasteiger partial charge in [0.15, 0.2) is 0 Å². The Labute approximate surface area is 123 Å². The monoisotopic (exact) mass is 304 g/mol. The molecule has 5 heteroatoms. The average molecular weight is 305 g/mol. The minimum atomic E-state index is -0.627. The van der Waals surface area contributed by atoms with E-state index >= 15 is 0 Å². The lowest BCUT2D eigenvalue weighted by Crippen LogP contribution is -2.49. The minimum absolute atomic E-state index is 0.424. The SMILES string of the molecule is COC1(C(O)Cc2cc(Cl)ccc2Cl)CCOCC1. The molecule has 0 bridgehead atoms. The number of hydrogen-bond acceptors (Lipinski definition) is 3. The molecule has 1 unspecified atom stereocenters. The molecule has 2 rings (SSSR count). The van der Waals surface area contributed by atoms with Crippen molar-refractivity contribution < 1.29 is 14.6 Å². The van der Waals surface area contributed by atoms with Crippen molar-refractivity contribution in [3.63, 3.8) is 0 Å². The molecular formula is C14H18Cl2O3. The summed E-state index contributed by atoms with van der Waals surface area (Å²) in [7, 11) is 1.63. The van der Waals surface area contributed by atoms with E-state index in [1.807, 2.05) is 0 Å². The van der Waals surface area contributed by atoms with E-state index < -0.39 is 11.7 Å². The van der Waals surface area contributed by atoms with E-state index in [0.717, 1.165) is 5.56 Å². The largest absolute Gasteiger partial charge is 0.390 e. The summed E-state index contributed by atoms with van der Waals surface area (Å²) in [5, 5.41) is 11.7. The zero-order valence-electron chi connectivity index (χ0n) is 10.9. The van der Waals surface area contributed by atoms with Gasteiger partial charge in [0.25, 0.3) is 0 Å². The summed E-state index contributed by atoms with van der Waals surface area (Å²) in [6.45, 7) is 1.21. The van der Waals surface area contributed by atoms with Crippen molar-refractivity contribution in [2.45, 2.75) is 31.0 Å². The van der Waals surface area contributed by atoms with Gasteiger partial charge in [-0.05, 0) is 23.8 Å². The third kappa shape index (κ3) is 3.41.